The Bertz CT molecular complexity index is 631. The number of hydrogen-bond donors (Lipinski definition) is 1. The second-order valence-electron chi connectivity index (χ2n) is 8.48. The molecule has 3 rings (SSSR count). The highest BCUT2D eigenvalue weighted by molar-refractivity contribution is 5.33. The average Bonchev–Trinajstić information content (AvgIpc) is 2.74. The highest BCUT2D eigenvalue weighted by Gasteiger charge is 2.22. The molecule has 5 heteroatoms. The summed E-state index contributed by atoms with van der Waals surface area (Å²) < 4.78 is 6.02. The number of aliphatic hydroxyl groups excluding tert-OH is 1. The van der Waals surface area contributed by atoms with Crippen LogP contribution in [0.3, 0.4) is 0 Å². The van der Waals surface area contributed by atoms with Gasteiger partial charge in [0, 0.05) is 30.6 Å². The minimum atomic E-state index is -0.480. The van der Waals surface area contributed by atoms with Gasteiger partial charge in [0.2, 0.25) is 0 Å². The maximum Gasteiger partial charge on any atom is 0.123 e. The minimum Gasteiger partial charge on any atom is -0.491 e. The number of rotatable bonds is 8. The first-order valence-corrected chi connectivity index (χ1v) is 10.9. The number of ether oxygens (including phenoxy) is 1. The highest BCUT2D eigenvalue weighted by Crippen LogP contribution is 2.24. The quantitative estimate of drug-likeness (QED) is 0.743. The van der Waals surface area contributed by atoms with Crippen LogP contribution in [0, 0.1) is 17.2 Å². The maximum atomic E-state index is 10.5. The molecule has 28 heavy (non-hydrogen) atoms. The van der Waals surface area contributed by atoms with Crippen molar-refractivity contribution in [1.29, 1.82) is 5.26 Å². The first-order chi connectivity index (χ1) is 13.7. The molecule has 2 aliphatic rings. The van der Waals surface area contributed by atoms with Gasteiger partial charge < -0.3 is 14.7 Å². The Kier molecular flexibility index (Phi) is 8.14. The molecule has 1 aliphatic heterocycles. The topological polar surface area (TPSA) is 59.7 Å². The second-order valence-corrected chi connectivity index (χ2v) is 8.48. The van der Waals surface area contributed by atoms with Crippen LogP contribution in [0.25, 0.3) is 0 Å². The van der Waals surface area contributed by atoms with Crippen LogP contribution >= 0.6 is 0 Å². The summed E-state index contributed by atoms with van der Waals surface area (Å²) in [6.45, 7) is 3.74. The molecule has 1 saturated carbocycles. The van der Waals surface area contributed by atoms with E-state index in [1.165, 1.54) is 32.1 Å². The molecule has 1 atom stereocenters. The summed E-state index contributed by atoms with van der Waals surface area (Å²) in [5, 5.41) is 19.5. The summed E-state index contributed by atoms with van der Waals surface area (Å²) >= 11 is 0. The normalized spacial score (nSPS) is 20.8. The lowest BCUT2D eigenvalue weighted by Gasteiger charge is -2.32. The zero-order chi connectivity index (χ0) is 19.8. The smallest absolute Gasteiger partial charge is 0.123 e. The van der Waals surface area contributed by atoms with E-state index in [4.69, 9.17) is 10.00 Å². The molecule has 1 aliphatic carbocycles. The van der Waals surface area contributed by atoms with Gasteiger partial charge in [-0.15, -0.1) is 0 Å². The third kappa shape index (κ3) is 6.20. The fourth-order valence-corrected chi connectivity index (χ4v) is 4.48. The van der Waals surface area contributed by atoms with Crippen LogP contribution in [0.15, 0.2) is 24.3 Å². The predicted molar refractivity (Wildman–Crippen MR) is 111 cm³/mol. The lowest BCUT2D eigenvalue weighted by molar-refractivity contribution is 0.0555. The standard InChI is InChI=1S/C23H35N3O2/c1-25(21-8-3-2-4-9-21)17-22(27)18-28-23-10-6-5-7-20(23)16-26-13-11-19(15-24)12-14-26/h5-7,10,19,21-22,27H,2-4,8-9,11-14,16-18H2,1H3/t22-/m0/s1. The minimum absolute atomic E-state index is 0.207. The molecule has 0 bridgehead atoms. The molecule has 1 aromatic carbocycles. The molecule has 1 heterocycles. The van der Waals surface area contributed by atoms with Gasteiger partial charge in [0.15, 0.2) is 0 Å². The molecule has 154 valence electrons. The molecule has 0 amide bonds. The number of benzene rings is 1. The third-order valence-electron chi connectivity index (χ3n) is 6.26. The van der Waals surface area contributed by atoms with E-state index in [9.17, 15) is 5.11 Å². The summed E-state index contributed by atoms with van der Waals surface area (Å²) in [5.74, 6) is 1.07. The van der Waals surface area contributed by atoms with Crippen LogP contribution in [0.5, 0.6) is 5.75 Å². The van der Waals surface area contributed by atoms with Gasteiger partial charge in [-0.1, -0.05) is 37.5 Å². The lowest BCUT2D eigenvalue weighted by atomic mass is 9.94. The van der Waals surface area contributed by atoms with Crippen molar-refractivity contribution in [2.45, 2.75) is 63.6 Å². The lowest BCUT2D eigenvalue weighted by Crippen LogP contribution is -2.40. The van der Waals surface area contributed by atoms with Crippen molar-refractivity contribution < 1.29 is 9.84 Å². The number of nitriles is 1. The first-order valence-electron chi connectivity index (χ1n) is 10.9. The third-order valence-corrected chi connectivity index (χ3v) is 6.26. The van der Waals surface area contributed by atoms with E-state index in [1.54, 1.807) is 0 Å². The van der Waals surface area contributed by atoms with Crippen molar-refractivity contribution in [3.63, 3.8) is 0 Å². The van der Waals surface area contributed by atoms with Crippen molar-refractivity contribution in [2.24, 2.45) is 5.92 Å². The van der Waals surface area contributed by atoms with Crippen LogP contribution < -0.4 is 4.74 Å². The van der Waals surface area contributed by atoms with Gasteiger partial charge in [0.25, 0.3) is 0 Å². The zero-order valence-corrected chi connectivity index (χ0v) is 17.2. The van der Waals surface area contributed by atoms with Crippen molar-refractivity contribution in [2.75, 3.05) is 33.3 Å². The summed E-state index contributed by atoms with van der Waals surface area (Å²) in [4.78, 5) is 4.70. The summed E-state index contributed by atoms with van der Waals surface area (Å²) in [7, 11) is 2.12. The SMILES string of the molecule is CN(C[C@H](O)COc1ccccc1CN1CCC(C#N)CC1)C1CCCCC1. The monoisotopic (exact) mass is 385 g/mol. The number of hydrogen-bond acceptors (Lipinski definition) is 5. The van der Waals surface area contributed by atoms with E-state index in [0.717, 1.165) is 43.8 Å². The molecule has 5 nitrogen and oxygen atoms in total. The second kappa shape index (κ2) is 10.8. The predicted octanol–water partition coefficient (Wildman–Crippen LogP) is 3.43. The Morgan fingerprint density at radius 2 is 1.89 bits per heavy atom. The van der Waals surface area contributed by atoms with Gasteiger partial charge in [-0.3, -0.25) is 4.90 Å². The number of nitrogens with zero attached hydrogens (tertiary/aromatic N) is 3. The van der Waals surface area contributed by atoms with Gasteiger partial charge in [-0.2, -0.15) is 5.26 Å². The van der Waals surface area contributed by atoms with Gasteiger partial charge in [0.05, 0.1) is 6.07 Å². The Morgan fingerprint density at radius 3 is 2.61 bits per heavy atom. The highest BCUT2D eigenvalue weighted by atomic mass is 16.5. The Morgan fingerprint density at radius 1 is 1.18 bits per heavy atom. The number of likely N-dealkylation sites (tertiary alicyclic amines) is 1. The summed E-state index contributed by atoms with van der Waals surface area (Å²) in [6, 6.07) is 11.1. The molecule has 2 fully saturated rings. The molecular weight excluding hydrogens is 350 g/mol. The summed E-state index contributed by atoms with van der Waals surface area (Å²) in [5.41, 5.74) is 1.16. The van der Waals surface area contributed by atoms with Gasteiger partial charge in [-0.05, 0) is 51.9 Å². The van der Waals surface area contributed by atoms with Crippen LogP contribution in [-0.4, -0.2) is 60.3 Å². The average molecular weight is 386 g/mol. The fraction of sp³-hybridized carbons (Fsp3) is 0.696. The van der Waals surface area contributed by atoms with E-state index < -0.39 is 6.10 Å². The van der Waals surface area contributed by atoms with E-state index >= 15 is 0 Å². The fourth-order valence-electron chi connectivity index (χ4n) is 4.48. The molecule has 0 aromatic heterocycles. The largest absolute Gasteiger partial charge is 0.491 e. The van der Waals surface area contributed by atoms with Gasteiger partial charge in [0.1, 0.15) is 18.5 Å². The van der Waals surface area contributed by atoms with Crippen LogP contribution in [0.4, 0.5) is 0 Å². The number of piperidine rings is 1. The van der Waals surface area contributed by atoms with Crippen LogP contribution in [0.1, 0.15) is 50.5 Å². The molecule has 0 unspecified atom stereocenters. The molecule has 1 aromatic rings. The maximum absolute atomic E-state index is 10.5. The zero-order valence-electron chi connectivity index (χ0n) is 17.2. The Labute approximate surface area is 169 Å². The van der Waals surface area contributed by atoms with E-state index in [0.29, 0.717) is 19.2 Å². The molecular formula is C23H35N3O2. The van der Waals surface area contributed by atoms with Crippen molar-refractivity contribution >= 4 is 0 Å². The molecule has 1 N–H and O–H groups in total. The number of likely N-dealkylation sites (N-methyl/N-ethyl adjacent to an activating group) is 1. The van der Waals surface area contributed by atoms with Crippen molar-refractivity contribution in [3.05, 3.63) is 29.8 Å². The van der Waals surface area contributed by atoms with E-state index in [1.807, 2.05) is 18.2 Å². The first kappa shape index (κ1) is 21.1. The van der Waals surface area contributed by atoms with Crippen LogP contribution in [0.2, 0.25) is 0 Å². The molecule has 1 saturated heterocycles. The molecule has 0 radical (unpaired) electrons. The van der Waals surface area contributed by atoms with E-state index in [-0.39, 0.29) is 5.92 Å². The Balaban J connectivity index is 1.47. The number of aliphatic hydroxyl groups is 1. The van der Waals surface area contributed by atoms with E-state index in [2.05, 4.69) is 29.0 Å². The van der Waals surface area contributed by atoms with Crippen LogP contribution in [-0.2, 0) is 6.54 Å². The number of para-hydroxylation sites is 1. The van der Waals surface area contributed by atoms with Crippen molar-refractivity contribution in [3.8, 4) is 11.8 Å². The molecule has 0 spiro atoms. The summed E-state index contributed by atoms with van der Waals surface area (Å²) in [6.07, 6.45) is 7.87. The Hall–Kier alpha value is -1.61. The van der Waals surface area contributed by atoms with Gasteiger partial charge in [-0.25, -0.2) is 0 Å². The van der Waals surface area contributed by atoms with Crippen molar-refractivity contribution in [1.82, 2.24) is 9.80 Å². The van der Waals surface area contributed by atoms with Gasteiger partial charge >= 0.3 is 0 Å².